The van der Waals surface area contributed by atoms with Crippen molar-refractivity contribution in [1.82, 2.24) is 20.1 Å². The van der Waals surface area contributed by atoms with Crippen molar-refractivity contribution < 1.29 is 67.0 Å². The Bertz CT molecular complexity index is 1710. The predicted octanol–water partition coefficient (Wildman–Crippen LogP) is 2.29. The zero-order valence-corrected chi connectivity index (χ0v) is 26.4. The molecule has 0 saturated carbocycles. The minimum absolute atomic E-state index is 0.0380. The Morgan fingerprint density at radius 3 is 2.16 bits per heavy atom. The number of carbonyl (C=O) groups is 5. The molecule has 270 valence electrons. The molecule has 1 aliphatic rings. The first-order chi connectivity index (χ1) is 23.5. The fourth-order valence-electron chi connectivity index (χ4n) is 4.54. The van der Waals surface area contributed by atoms with Crippen LogP contribution in [0.2, 0.25) is 0 Å². The van der Waals surface area contributed by atoms with Crippen LogP contribution in [-0.2, 0) is 14.3 Å². The van der Waals surface area contributed by atoms with E-state index in [1.165, 1.54) is 34.1 Å². The first kappa shape index (κ1) is 38.8. The molecule has 50 heavy (non-hydrogen) atoms. The number of hydrogen-bond donors (Lipinski definition) is 6. The number of aromatic carboxylic acids is 1. The molecular weight excluding hydrogens is 675 g/mol. The van der Waals surface area contributed by atoms with E-state index in [0.717, 1.165) is 0 Å². The minimum Gasteiger partial charge on any atom is -0.481 e. The summed E-state index contributed by atoms with van der Waals surface area (Å²) in [5, 5.41) is 36.8. The molecule has 2 aromatic carbocycles. The average molecular weight is 710 g/mol. The Morgan fingerprint density at radius 1 is 0.960 bits per heavy atom. The van der Waals surface area contributed by atoms with Crippen molar-refractivity contribution >= 4 is 46.4 Å². The summed E-state index contributed by atoms with van der Waals surface area (Å²) in [4.78, 5) is 68.5. The predicted molar refractivity (Wildman–Crippen MR) is 167 cm³/mol. The van der Waals surface area contributed by atoms with E-state index in [9.17, 15) is 47.4 Å². The number of nitrogens with two attached hydrogens (primary N) is 1. The number of rotatable bonds is 10. The van der Waals surface area contributed by atoms with E-state index < -0.39 is 48.2 Å². The van der Waals surface area contributed by atoms with Gasteiger partial charge < -0.3 is 50.8 Å². The van der Waals surface area contributed by atoms with Crippen LogP contribution in [0.4, 0.5) is 23.7 Å². The Morgan fingerprint density at radius 2 is 1.58 bits per heavy atom. The third-order valence-electron chi connectivity index (χ3n) is 7.12. The van der Waals surface area contributed by atoms with Gasteiger partial charge in [0, 0.05) is 44.2 Å². The largest absolute Gasteiger partial charge is 0.481 e. The molecule has 1 fully saturated rings. The van der Waals surface area contributed by atoms with Gasteiger partial charge in [0.25, 0.3) is 12.2 Å². The molecule has 4 rings (SSSR count). The Balaban J connectivity index is 0.000000872. The van der Waals surface area contributed by atoms with Crippen molar-refractivity contribution in [3.63, 3.8) is 0 Å². The number of hydrogen-bond acceptors (Lipinski definition) is 11. The lowest BCUT2D eigenvalue weighted by atomic mass is 10.0. The standard InChI is InChI=1S/C29H31N5O9.C2H3F3O2/c1-2-42-29(41)34-13-11-33(12-14-34)26(36)19(28(39)40)9-10-31-25(35)22-16-23(18-5-3-4-6-21(18)32-22)43-24-15-17(27(37)38)7-8-20(24)30;3-2(4,5)1(6)7/h3-8,15-16,19H,2,9-14,30H2,1H3,(H,31,35)(H,37,38)(H,39,40);1,6-7H. The van der Waals surface area contributed by atoms with E-state index in [1.54, 1.807) is 31.2 Å². The van der Waals surface area contributed by atoms with Gasteiger partial charge in [-0.2, -0.15) is 13.2 Å². The molecule has 2 heterocycles. The smallest absolute Gasteiger partial charge is 0.439 e. The van der Waals surface area contributed by atoms with E-state index >= 15 is 0 Å². The summed E-state index contributed by atoms with van der Waals surface area (Å²) < 4.78 is 42.9. The number of aromatic nitrogens is 1. The number of carbonyl (C=O) groups excluding carboxylic acids is 3. The molecule has 3 aromatic rings. The Hall–Kier alpha value is -5.69. The Kier molecular flexibility index (Phi) is 13.3. The van der Waals surface area contributed by atoms with Crippen LogP contribution in [0.15, 0.2) is 48.5 Å². The number of para-hydroxylation sites is 1. The third kappa shape index (κ3) is 10.4. The number of halogens is 3. The molecular formula is C31H34F3N5O11. The molecule has 0 aliphatic carbocycles. The second kappa shape index (κ2) is 17.1. The maximum absolute atomic E-state index is 13.1. The minimum atomic E-state index is -4.89. The molecule has 1 unspecified atom stereocenters. The lowest BCUT2D eigenvalue weighted by Crippen LogP contribution is -2.53. The highest BCUT2D eigenvalue weighted by Crippen LogP contribution is 2.33. The highest BCUT2D eigenvalue weighted by atomic mass is 19.4. The number of aliphatic carboxylic acids is 1. The fraction of sp³-hybridized carbons (Fsp3) is 0.355. The van der Waals surface area contributed by atoms with E-state index in [0.29, 0.717) is 10.9 Å². The average Bonchev–Trinajstić information content (AvgIpc) is 3.07. The molecule has 0 bridgehead atoms. The van der Waals surface area contributed by atoms with Crippen molar-refractivity contribution in [1.29, 1.82) is 0 Å². The monoisotopic (exact) mass is 709 g/mol. The van der Waals surface area contributed by atoms with E-state index in [2.05, 4.69) is 10.3 Å². The van der Waals surface area contributed by atoms with Crippen LogP contribution in [0.5, 0.6) is 11.5 Å². The van der Waals surface area contributed by atoms with E-state index in [-0.39, 0.29) is 74.2 Å². The van der Waals surface area contributed by atoms with Gasteiger partial charge in [-0.15, -0.1) is 0 Å². The highest BCUT2D eigenvalue weighted by molar-refractivity contribution is 5.98. The number of fused-ring (bicyclic) bond motifs is 1. The van der Waals surface area contributed by atoms with Crippen LogP contribution in [-0.4, -0.2) is 117 Å². The number of pyridine rings is 1. The van der Waals surface area contributed by atoms with Crippen LogP contribution in [0, 0.1) is 5.92 Å². The summed E-state index contributed by atoms with van der Waals surface area (Å²) in [6, 6.07) is 12.2. The quantitative estimate of drug-likeness (QED) is 0.101. The summed E-state index contributed by atoms with van der Waals surface area (Å²) in [7, 11) is 0. The van der Waals surface area contributed by atoms with Crippen molar-refractivity contribution in [3.05, 3.63) is 59.8 Å². The number of aliphatic hydroxyl groups is 2. The number of carboxylic acids is 2. The van der Waals surface area contributed by atoms with Gasteiger partial charge in [-0.25, -0.2) is 14.6 Å². The van der Waals surface area contributed by atoms with Crippen molar-refractivity contribution in [2.24, 2.45) is 5.92 Å². The second-order valence-corrected chi connectivity index (χ2v) is 10.5. The fourth-order valence-corrected chi connectivity index (χ4v) is 4.54. The third-order valence-corrected chi connectivity index (χ3v) is 7.12. The van der Waals surface area contributed by atoms with Crippen LogP contribution in [0.3, 0.4) is 0 Å². The molecule has 1 aliphatic heterocycles. The maximum Gasteiger partial charge on any atom is 0.439 e. The number of nitrogen functional groups attached to an aromatic ring is 1. The SMILES string of the molecule is CCOC(=O)N1CCN(C(=O)C(CCNC(=O)c2cc(Oc3cc(C(=O)O)ccc3N)c3ccccc3n2)C(=O)O)CC1.OC(O)C(F)(F)F. The molecule has 16 nitrogen and oxygen atoms in total. The zero-order valence-electron chi connectivity index (χ0n) is 26.4. The zero-order chi connectivity index (χ0) is 37.2. The normalized spacial score (nSPS) is 13.6. The number of anilines is 1. The van der Waals surface area contributed by atoms with Crippen molar-refractivity contribution in [3.8, 4) is 11.5 Å². The van der Waals surface area contributed by atoms with Gasteiger partial charge in [-0.05, 0) is 43.7 Å². The second-order valence-electron chi connectivity index (χ2n) is 10.5. The summed E-state index contributed by atoms with van der Waals surface area (Å²) in [5.74, 6) is -4.86. The van der Waals surface area contributed by atoms with Gasteiger partial charge in [0.15, 0.2) is 5.75 Å². The van der Waals surface area contributed by atoms with Gasteiger partial charge in [-0.1, -0.05) is 12.1 Å². The number of carboxylic acid groups (broad SMARTS) is 2. The number of nitrogens with zero attached hydrogens (tertiary/aromatic N) is 3. The number of nitrogens with one attached hydrogen (secondary N) is 1. The molecule has 3 amide bonds. The molecule has 7 N–H and O–H groups in total. The molecule has 0 radical (unpaired) electrons. The summed E-state index contributed by atoms with van der Waals surface area (Å²) in [5.41, 5.74) is 6.51. The molecule has 0 spiro atoms. The van der Waals surface area contributed by atoms with Crippen LogP contribution >= 0.6 is 0 Å². The first-order valence-electron chi connectivity index (χ1n) is 14.9. The number of alkyl halides is 3. The number of amides is 3. The van der Waals surface area contributed by atoms with Gasteiger partial charge in [0.05, 0.1) is 23.4 Å². The van der Waals surface area contributed by atoms with Crippen molar-refractivity contribution in [2.75, 3.05) is 45.1 Å². The van der Waals surface area contributed by atoms with Crippen LogP contribution in [0.25, 0.3) is 10.9 Å². The van der Waals surface area contributed by atoms with Crippen LogP contribution in [0.1, 0.15) is 34.2 Å². The maximum atomic E-state index is 13.1. The van der Waals surface area contributed by atoms with Crippen molar-refractivity contribution in [2.45, 2.75) is 25.8 Å². The molecule has 1 atom stereocenters. The first-order valence-corrected chi connectivity index (χ1v) is 14.9. The molecule has 19 heteroatoms. The summed E-state index contributed by atoms with van der Waals surface area (Å²) >= 11 is 0. The number of ether oxygens (including phenoxy) is 2. The molecule has 1 saturated heterocycles. The number of benzene rings is 2. The number of piperazine rings is 1. The van der Waals surface area contributed by atoms with Crippen LogP contribution < -0.4 is 15.8 Å². The van der Waals surface area contributed by atoms with Gasteiger partial charge >= 0.3 is 24.2 Å². The van der Waals surface area contributed by atoms with Gasteiger partial charge in [0.1, 0.15) is 17.4 Å². The lowest BCUT2D eigenvalue weighted by molar-refractivity contribution is -0.275. The van der Waals surface area contributed by atoms with Gasteiger partial charge in [0.2, 0.25) is 5.91 Å². The topological polar surface area (TPSA) is 242 Å². The van der Waals surface area contributed by atoms with E-state index in [4.69, 9.17) is 25.4 Å². The highest BCUT2D eigenvalue weighted by Gasteiger charge is 2.36. The Labute approximate surface area is 281 Å². The lowest BCUT2D eigenvalue weighted by Gasteiger charge is -2.35. The van der Waals surface area contributed by atoms with E-state index in [1.807, 2.05) is 0 Å². The summed E-state index contributed by atoms with van der Waals surface area (Å²) in [6.45, 7) is 2.55. The van der Waals surface area contributed by atoms with Gasteiger partial charge in [-0.3, -0.25) is 14.4 Å². The number of aliphatic hydroxyl groups excluding tert-OH is 1. The summed E-state index contributed by atoms with van der Waals surface area (Å²) in [6.07, 6.45) is -8.75. The molecule has 1 aromatic heterocycles.